The molecule has 0 radical (unpaired) electrons. The Hall–Kier alpha value is -2.40. The van der Waals surface area contributed by atoms with E-state index >= 15 is 0 Å². The molecule has 2 heterocycles. The largest absolute Gasteiger partial charge is 0.390 e. The average Bonchev–Trinajstić information content (AvgIpc) is 3.23. The number of halogens is 5. The molecule has 3 N–H and O–H groups in total. The fraction of sp³-hybridized carbons (Fsp3) is 0.480. The van der Waals surface area contributed by atoms with Crippen LogP contribution in [0, 0.1) is 5.82 Å². The van der Waals surface area contributed by atoms with Crippen LogP contribution in [0.15, 0.2) is 36.4 Å². The fourth-order valence-electron chi connectivity index (χ4n) is 4.66. The van der Waals surface area contributed by atoms with E-state index in [0.29, 0.717) is 49.1 Å². The standard InChI is InChI=1S/C25H30ClF4N5O/c26-18-2-4-22(23(14-18)35-11-9-33(10-12-35)8-6-25(28,29)30)32-24(36)20-3-1-17(13-21(20)27)15-34-7-5-19(31)16-34/h1-4,13-14,19H,5-12,15-16,31H2,(H,32,36)/t19-/m1/s1. The van der Waals surface area contributed by atoms with Crippen molar-refractivity contribution >= 4 is 28.9 Å². The quantitative estimate of drug-likeness (QED) is 0.525. The van der Waals surface area contributed by atoms with Crippen LogP contribution in [-0.2, 0) is 6.54 Å². The summed E-state index contributed by atoms with van der Waals surface area (Å²) < 4.78 is 52.5. The Morgan fingerprint density at radius 2 is 1.81 bits per heavy atom. The van der Waals surface area contributed by atoms with E-state index in [2.05, 4.69) is 10.2 Å². The number of benzene rings is 2. The number of nitrogens with one attached hydrogen (secondary N) is 1. The van der Waals surface area contributed by atoms with Crippen LogP contribution in [0.5, 0.6) is 0 Å². The van der Waals surface area contributed by atoms with Gasteiger partial charge in [-0.2, -0.15) is 13.2 Å². The third kappa shape index (κ3) is 7.09. The maximum atomic E-state index is 14.9. The van der Waals surface area contributed by atoms with Crippen molar-refractivity contribution in [3.63, 3.8) is 0 Å². The van der Waals surface area contributed by atoms with Gasteiger partial charge in [0.2, 0.25) is 0 Å². The number of hydrogen-bond acceptors (Lipinski definition) is 5. The highest BCUT2D eigenvalue weighted by molar-refractivity contribution is 6.31. The first-order valence-corrected chi connectivity index (χ1v) is 12.4. The number of anilines is 2. The molecule has 196 valence electrons. The summed E-state index contributed by atoms with van der Waals surface area (Å²) in [5.41, 5.74) is 7.74. The van der Waals surface area contributed by atoms with Gasteiger partial charge in [0, 0.05) is 63.4 Å². The molecule has 0 spiro atoms. The van der Waals surface area contributed by atoms with Crippen LogP contribution in [0.25, 0.3) is 0 Å². The van der Waals surface area contributed by atoms with Gasteiger partial charge in [0.1, 0.15) is 5.82 Å². The number of carbonyl (C=O) groups is 1. The molecule has 0 unspecified atom stereocenters. The van der Waals surface area contributed by atoms with E-state index in [4.69, 9.17) is 17.3 Å². The van der Waals surface area contributed by atoms with Crippen LogP contribution < -0.4 is 16.0 Å². The van der Waals surface area contributed by atoms with E-state index in [1.165, 1.54) is 12.1 Å². The Morgan fingerprint density at radius 1 is 1.06 bits per heavy atom. The molecule has 0 aliphatic carbocycles. The first-order chi connectivity index (χ1) is 17.1. The van der Waals surface area contributed by atoms with E-state index in [9.17, 15) is 22.4 Å². The zero-order valence-corrected chi connectivity index (χ0v) is 20.6. The Morgan fingerprint density at radius 3 is 2.44 bits per heavy atom. The highest BCUT2D eigenvalue weighted by Gasteiger charge is 2.29. The molecule has 2 aliphatic heterocycles. The number of rotatable bonds is 7. The first kappa shape index (κ1) is 26.7. The van der Waals surface area contributed by atoms with Crippen LogP contribution in [0.4, 0.5) is 28.9 Å². The number of likely N-dealkylation sites (tertiary alicyclic amines) is 1. The van der Waals surface area contributed by atoms with Gasteiger partial charge < -0.3 is 16.0 Å². The molecule has 6 nitrogen and oxygen atoms in total. The van der Waals surface area contributed by atoms with Gasteiger partial charge in [-0.3, -0.25) is 14.6 Å². The van der Waals surface area contributed by atoms with Gasteiger partial charge in [-0.25, -0.2) is 4.39 Å². The highest BCUT2D eigenvalue weighted by atomic mass is 35.5. The van der Waals surface area contributed by atoms with Crippen LogP contribution in [-0.4, -0.2) is 73.7 Å². The molecule has 4 rings (SSSR count). The lowest BCUT2D eigenvalue weighted by Crippen LogP contribution is -2.47. The molecule has 2 aliphatic rings. The Labute approximate surface area is 213 Å². The summed E-state index contributed by atoms with van der Waals surface area (Å²) in [4.78, 5) is 18.8. The van der Waals surface area contributed by atoms with Gasteiger partial charge >= 0.3 is 6.18 Å². The van der Waals surface area contributed by atoms with Gasteiger partial charge in [0.15, 0.2) is 0 Å². The normalized spacial score (nSPS) is 19.6. The zero-order chi connectivity index (χ0) is 25.9. The van der Waals surface area contributed by atoms with Crippen LogP contribution in [0.1, 0.15) is 28.8 Å². The molecule has 11 heteroatoms. The van der Waals surface area contributed by atoms with Crippen molar-refractivity contribution in [2.75, 3.05) is 56.0 Å². The molecule has 0 saturated carbocycles. The lowest BCUT2D eigenvalue weighted by molar-refractivity contribution is -0.138. The smallest absolute Gasteiger partial charge is 0.367 e. The number of amides is 1. The van der Waals surface area contributed by atoms with Crippen molar-refractivity contribution < 1.29 is 22.4 Å². The Kier molecular flexibility index (Phi) is 8.39. The molecule has 36 heavy (non-hydrogen) atoms. The maximum absolute atomic E-state index is 14.9. The third-order valence-electron chi connectivity index (χ3n) is 6.63. The lowest BCUT2D eigenvalue weighted by Gasteiger charge is -2.37. The number of piperazine rings is 1. The van der Waals surface area contributed by atoms with E-state index in [0.717, 1.165) is 25.1 Å². The molecule has 0 aromatic heterocycles. The summed E-state index contributed by atoms with van der Waals surface area (Å²) >= 11 is 6.19. The van der Waals surface area contributed by atoms with E-state index in [-0.39, 0.29) is 18.2 Å². The summed E-state index contributed by atoms with van der Waals surface area (Å²) in [5.74, 6) is -1.20. The van der Waals surface area contributed by atoms with Crippen molar-refractivity contribution in [2.45, 2.75) is 31.6 Å². The second-order valence-electron chi connectivity index (χ2n) is 9.41. The molecule has 2 aromatic carbocycles. The summed E-state index contributed by atoms with van der Waals surface area (Å²) in [6.07, 6.45) is -4.12. The molecular weight excluding hydrogens is 498 g/mol. The van der Waals surface area contributed by atoms with Gasteiger partial charge in [0.05, 0.1) is 23.4 Å². The summed E-state index contributed by atoms with van der Waals surface area (Å²) in [7, 11) is 0. The molecule has 2 aromatic rings. The molecule has 2 fully saturated rings. The van der Waals surface area contributed by atoms with Crippen LogP contribution in [0.3, 0.4) is 0 Å². The van der Waals surface area contributed by atoms with Gasteiger partial charge in [0.25, 0.3) is 5.91 Å². The van der Waals surface area contributed by atoms with E-state index in [1.54, 1.807) is 29.2 Å². The fourth-order valence-corrected chi connectivity index (χ4v) is 4.83. The van der Waals surface area contributed by atoms with E-state index in [1.807, 2.05) is 4.90 Å². The Bertz CT molecular complexity index is 1070. The first-order valence-electron chi connectivity index (χ1n) is 12.0. The molecule has 0 bridgehead atoms. The number of alkyl halides is 3. The molecule has 1 atom stereocenters. The predicted molar refractivity (Wildman–Crippen MR) is 133 cm³/mol. The SMILES string of the molecule is N[C@@H]1CCN(Cc2ccc(C(=O)Nc3ccc(Cl)cc3N3CCN(CCC(F)(F)F)CC3)c(F)c2)C1. The number of carbonyl (C=O) groups excluding carboxylic acids is 1. The van der Waals surface area contributed by atoms with Gasteiger partial charge in [-0.15, -0.1) is 0 Å². The topological polar surface area (TPSA) is 64.8 Å². The van der Waals surface area contributed by atoms with Crippen molar-refractivity contribution in [1.29, 1.82) is 0 Å². The van der Waals surface area contributed by atoms with Crippen molar-refractivity contribution in [2.24, 2.45) is 5.73 Å². The summed E-state index contributed by atoms with van der Waals surface area (Å²) in [5, 5.41) is 3.24. The van der Waals surface area contributed by atoms with Crippen LogP contribution in [0.2, 0.25) is 5.02 Å². The number of hydrogen-bond donors (Lipinski definition) is 2. The number of nitrogens with zero attached hydrogens (tertiary/aromatic N) is 3. The van der Waals surface area contributed by atoms with Gasteiger partial charge in [-0.05, 0) is 42.3 Å². The highest BCUT2D eigenvalue weighted by Crippen LogP contribution is 2.31. The average molecular weight is 528 g/mol. The van der Waals surface area contributed by atoms with Crippen LogP contribution >= 0.6 is 11.6 Å². The minimum atomic E-state index is -4.18. The molecular formula is C25H30ClF4N5O. The zero-order valence-electron chi connectivity index (χ0n) is 19.8. The molecule has 2 saturated heterocycles. The number of nitrogens with two attached hydrogens (primary N) is 1. The Balaban J connectivity index is 1.41. The minimum absolute atomic E-state index is 0.0453. The van der Waals surface area contributed by atoms with E-state index < -0.39 is 24.3 Å². The predicted octanol–water partition coefficient (Wildman–Crippen LogP) is 4.34. The van der Waals surface area contributed by atoms with Crippen molar-refractivity contribution in [1.82, 2.24) is 9.80 Å². The maximum Gasteiger partial charge on any atom is 0.390 e. The van der Waals surface area contributed by atoms with Gasteiger partial charge in [-0.1, -0.05) is 17.7 Å². The van der Waals surface area contributed by atoms with Crippen molar-refractivity contribution in [3.8, 4) is 0 Å². The lowest BCUT2D eigenvalue weighted by atomic mass is 10.1. The van der Waals surface area contributed by atoms with Crippen molar-refractivity contribution in [3.05, 3.63) is 58.4 Å². The summed E-state index contributed by atoms with van der Waals surface area (Å²) in [6, 6.07) is 9.70. The second kappa shape index (κ2) is 11.3. The molecule has 1 amide bonds. The summed E-state index contributed by atoms with van der Waals surface area (Å²) in [6.45, 7) is 4.01. The monoisotopic (exact) mass is 527 g/mol. The second-order valence-corrected chi connectivity index (χ2v) is 9.84. The third-order valence-corrected chi connectivity index (χ3v) is 6.86. The minimum Gasteiger partial charge on any atom is -0.367 e.